The van der Waals surface area contributed by atoms with Gasteiger partial charge in [-0.2, -0.15) is 0 Å². The Balaban J connectivity index is 2.12. The minimum Gasteiger partial charge on any atom is -0.347 e. The van der Waals surface area contributed by atoms with Gasteiger partial charge in [0.1, 0.15) is 0 Å². The van der Waals surface area contributed by atoms with Crippen LogP contribution in [0.5, 0.6) is 0 Å². The van der Waals surface area contributed by atoms with E-state index in [1.165, 1.54) is 0 Å². The fraction of sp³-hybridized carbons (Fsp3) is 1.00. The van der Waals surface area contributed by atoms with E-state index >= 15 is 0 Å². The summed E-state index contributed by atoms with van der Waals surface area (Å²) in [6, 6.07) is 0. The van der Waals surface area contributed by atoms with E-state index in [0.29, 0.717) is 5.16 Å². The van der Waals surface area contributed by atoms with Crippen molar-refractivity contribution in [3.63, 3.8) is 0 Å². The quantitative estimate of drug-likeness (QED) is 0.561. The van der Waals surface area contributed by atoms with Crippen LogP contribution in [0.3, 0.4) is 0 Å². The van der Waals surface area contributed by atoms with E-state index in [0.717, 1.165) is 40.3 Å². The zero-order chi connectivity index (χ0) is 9.53. The van der Waals surface area contributed by atoms with E-state index in [1.807, 2.05) is 0 Å². The molecule has 2 unspecified atom stereocenters. The maximum Gasteiger partial charge on any atom is 0.169 e. The first-order valence-corrected chi connectivity index (χ1v) is 6.15. The first-order chi connectivity index (χ1) is 6.02. The Labute approximate surface area is 82.2 Å². The molecule has 2 heterocycles. The Hall–Kier alpha value is 0.350. The molecular formula is C10H19O2P. The predicted molar refractivity (Wildman–Crippen MR) is 55.7 cm³/mol. The highest BCUT2D eigenvalue weighted by Gasteiger charge is 2.46. The lowest BCUT2D eigenvalue weighted by Crippen LogP contribution is -2.43. The summed E-state index contributed by atoms with van der Waals surface area (Å²) < 4.78 is 11.5. The Bertz CT molecular complexity index is 197. The minimum atomic E-state index is -0.214. The third-order valence-electron chi connectivity index (χ3n) is 2.78. The number of rotatable bonds is 0. The molecule has 2 atom stereocenters. The topological polar surface area (TPSA) is 18.5 Å². The van der Waals surface area contributed by atoms with Gasteiger partial charge in [0, 0.05) is 12.8 Å². The molecule has 2 saturated heterocycles. The molecule has 1 spiro atoms. The van der Waals surface area contributed by atoms with E-state index in [9.17, 15) is 0 Å². The second kappa shape index (κ2) is 3.18. The molecule has 2 rings (SSSR count). The molecule has 0 saturated carbocycles. The van der Waals surface area contributed by atoms with Gasteiger partial charge in [-0.1, -0.05) is 20.8 Å². The lowest BCUT2D eigenvalue weighted by molar-refractivity contribution is -0.173. The highest BCUT2D eigenvalue weighted by atomic mass is 31.1. The number of ether oxygens (including phenoxy) is 2. The van der Waals surface area contributed by atoms with Gasteiger partial charge in [-0.15, -0.1) is 8.58 Å². The monoisotopic (exact) mass is 202 g/mol. The Kier molecular flexibility index (Phi) is 2.42. The van der Waals surface area contributed by atoms with Crippen molar-refractivity contribution in [3.8, 4) is 0 Å². The highest BCUT2D eigenvalue weighted by Crippen LogP contribution is 2.52. The molecule has 0 radical (unpaired) electrons. The second-order valence-corrected chi connectivity index (χ2v) is 7.55. The predicted octanol–water partition coefficient (Wildman–Crippen LogP) is 2.37. The van der Waals surface area contributed by atoms with Crippen LogP contribution >= 0.6 is 8.58 Å². The van der Waals surface area contributed by atoms with Crippen molar-refractivity contribution in [2.45, 2.75) is 50.2 Å². The van der Waals surface area contributed by atoms with Crippen molar-refractivity contribution in [3.05, 3.63) is 0 Å². The van der Waals surface area contributed by atoms with Crippen molar-refractivity contribution in [1.82, 2.24) is 0 Å². The smallest absolute Gasteiger partial charge is 0.169 e. The van der Waals surface area contributed by atoms with E-state index in [4.69, 9.17) is 9.47 Å². The summed E-state index contributed by atoms with van der Waals surface area (Å²) in [4.78, 5) is 0. The SMILES string of the molecule is CC1CC2(CC(C)(C)P1)OCCO2. The summed E-state index contributed by atoms with van der Waals surface area (Å²) >= 11 is 0. The molecule has 2 fully saturated rings. The van der Waals surface area contributed by atoms with Crippen LogP contribution in [0.1, 0.15) is 33.6 Å². The molecule has 76 valence electrons. The summed E-state index contributed by atoms with van der Waals surface area (Å²) in [6.45, 7) is 8.53. The second-order valence-electron chi connectivity index (χ2n) is 4.92. The lowest BCUT2D eigenvalue weighted by Gasteiger charge is -2.44. The third kappa shape index (κ3) is 2.06. The molecule has 0 aromatic carbocycles. The van der Waals surface area contributed by atoms with Gasteiger partial charge in [0.15, 0.2) is 5.79 Å². The molecule has 3 heteroatoms. The first kappa shape index (κ1) is 9.89. The molecule has 0 amide bonds. The van der Waals surface area contributed by atoms with Crippen molar-refractivity contribution < 1.29 is 9.47 Å². The molecular weight excluding hydrogens is 183 g/mol. The lowest BCUT2D eigenvalue weighted by atomic mass is 9.96. The van der Waals surface area contributed by atoms with Crippen LogP contribution in [0, 0.1) is 0 Å². The zero-order valence-electron chi connectivity index (χ0n) is 8.72. The van der Waals surface area contributed by atoms with Crippen molar-refractivity contribution in [2.24, 2.45) is 0 Å². The Morgan fingerprint density at radius 3 is 2.38 bits per heavy atom. The molecule has 0 bridgehead atoms. The van der Waals surface area contributed by atoms with Crippen LogP contribution in [0.2, 0.25) is 0 Å². The molecule has 2 aliphatic rings. The molecule has 0 aromatic heterocycles. The van der Waals surface area contributed by atoms with E-state index in [1.54, 1.807) is 0 Å². The van der Waals surface area contributed by atoms with Crippen molar-refractivity contribution in [1.29, 1.82) is 0 Å². The minimum absolute atomic E-state index is 0.214. The molecule has 0 aliphatic carbocycles. The van der Waals surface area contributed by atoms with Gasteiger partial charge >= 0.3 is 0 Å². The molecule has 13 heavy (non-hydrogen) atoms. The number of hydrogen-bond acceptors (Lipinski definition) is 2. The van der Waals surface area contributed by atoms with Crippen molar-refractivity contribution in [2.75, 3.05) is 13.2 Å². The first-order valence-electron chi connectivity index (χ1n) is 5.07. The van der Waals surface area contributed by atoms with E-state index in [-0.39, 0.29) is 5.79 Å². The van der Waals surface area contributed by atoms with Gasteiger partial charge in [0.2, 0.25) is 0 Å². The van der Waals surface area contributed by atoms with Crippen LogP contribution in [0.25, 0.3) is 0 Å². The summed E-state index contributed by atoms with van der Waals surface area (Å²) in [5.74, 6) is -0.214. The van der Waals surface area contributed by atoms with Gasteiger partial charge in [-0.25, -0.2) is 0 Å². The maximum atomic E-state index is 5.77. The summed E-state index contributed by atoms with van der Waals surface area (Å²) in [5.41, 5.74) is 0.752. The molecule has 0 N–H and O–H groups in total. The van der Waals surface area contributed by atoms with Crippen LogP contribution < -0.4 is 0 Å². The Morgan fingerprint density at radius 1 is 1.23 bits per heavy atom. The van der Waals surface area contributed by atoms with Crippen molar-refractivity contribution >= 4 is 8.58 Å². The normalized spacial score (nSPS) is 38.5. The summed E-state index contributed by atoms with van der Waals surface area (Å²) in [7, 11) is 1.04. The standard InChI is InChI=1S/C10H19O2P/c1-8-6-10(11-4-5-12-10)7-9(2,3)13-8/h8,13H,4-7H2,1-3H3. The fourth-order valence-corrected chi connectivity index (χ4v) is 4.82. The fourth-order valence-electron chi connectivity index (χ4n) is 2.70. The average Bonchev–Trinajstić information content (AvgIpc) is 2.31. The number of hydrogen-bond donors (Lipinski definition) is 0. The van der Waals surface area contributed by atoms with Crippen LogP contribution in [-0.4, -0.2) is 29.8 Å². The summed E-state index contributed by atoms with van der Waals surface area (Å²) in [6.07, 6.45) is 2.16. The highest BCUT2D eigenvalue weighted by molar-refractivity contribution is 7.40. The van der Waals surface area contributed by atoms with E-state index in [2.05, 4.69) is 20.8 Å². The summed E-state index contributed by atoms with van der Waals surface area (Å²) in [5, 5.41) is 0.405. The zero-order valence-corrected chi connectivity index (χ0v) is 9.72. The molecule has 2 nitrogen and oxygen atoms in total. The van der Waals surface area contributed by atoms with Gasteiger partial charge < -0.3 is 9.47 Å². The average molecular weight is 202 g/mol. The van der Waals surface area contributed by atoms with E-state index < -0.39 is 0 Å². The van der Waals surface area contributed by atoms with Gasteiger partial charge in [0.25, 0.3) is 0 Å². The van der Waals surface area contributed by atoms with Crippen LogP contribution in [-0.2, 0) is 9.47 Å². The van der Waals surface area contributed by atoms with Crippen LogP contribution in [0.4, 0.5) is 0 Å². The largest absolute Gasteiger partial charge is 0.347 e. The van der Waals surface area contributed by atoms with Gasteiger partial charge in [-0.3, -0.25) is 0 Å². The van der Waals surface area contributed by atoms with Gasteiger partial charge in [-0.05, 0) is 10.8 Å². The van der Waals surface area contributed by atoms with Gasteiger partial charge in [0.05, 0.1) is 13.2 Å². The van der Waals surface area contributed by atoms with Crippen LogP contribution in [0.15, 0.2) is 0 Å². The molecule has 0 aromatic rings. The molecule has 2 aliphatic heterocycles. The Morgan fingerprint density at radius 2 is 1.85 bits per heavy atom. The third-order valence-corrected chi connectivity index (χ3v) is 4.43. The maximum absolute atomic E-state index is 5.77.